The Morgan fingerprint density at radius 2 is 2.05 bits per heavy atom. The molecule has 106 valence electrons. The first-order valence-electron chi connectivity index (χ1n) is 6.00. The maximum atomic E-state index is 12.4. The number of hydrogen-bond donors (Lipinski definition) is 1. The van der Waals surface area contributed by atoms with Crippen molar-refractivity contribution in [2.24, 2.45) is 4.99 Å². The summed E-state index contributed by atoms with van der Waals surface area (Å²) in [6.45, 7) is 0. The molecular weight excluding hydrogens is 389 g/mol. The van der Waals surface area contributed by atoms with Crippen molar-refractivity contribution in [2.45, 2.75) is 11.7 Å². The van der Waals surface area contributed by atoms with Crippen molar-refractivity contribution < 1.29 is 9.59 Å². The van der Waals surface area contributed by atoms with Gasteiger partial charge in [0.1, 0.15) is 5.25 Å². The van der Waals surface area contributed by atoms with Gasteiger partial charge in [0.25, 0.3) is 0 Å². The van der Waals surface area contributed by atoms with Gasteiger partial charge in [-0.15, -0.1) is 0 Å². The summed E-state index contributed by atoms with van der Waals surface area (Å²) in [5, 5.41) is 3.15. The number of anilines is 1. The van der Waals surface area contributed by atoms with Gasteiger partial charge in [-0.3, -0.25) is 14.6 Å². The summed E-state index contributed by atoms with van der Waals surface area (Å²) in [7, 11) is 3.39. The number of nitrogens with one attached hydrogen (secondary N) is 1. The molecule has 1 N–H and O–H groups in total. The largest absolute Gasteiger partial charge is 0.368 e. The summed E-state index contributed by atoms with van der Waals surface area (Å²) < 4.78 is 1.06. The lowest BCUT2D eigenvalue weighted by molar-refractivity contribution is -0.121. The van der Waals surface area contributed by atoms with E-state index in [9.17, 15) is 9.59 Å². The van der Waals surface area contributed by atoms with Crippen LogP contribution in [0.3, 0.4) is 0 Å². The summed E-state index contributed by atoms with van der Waals surface area (Å²) in [6.07, 6.45) is 0.205. The number of carbonyl (C=O) groups excluding carboxylic acids is 2. The van der Waals surface area contributed by atoms with E-state index in [1.165, 1.54) is 16.7 Å². The first kappa shape index (κ1) is 15.3. The molecule has 1 saturated heterocycles. The number of carbonyl (C=O) groups is 2. The van der Waals surface area contributed by atoms with Crippen molar-refractivity contribution in [1.29, 1.82) is 0 Å². The Morgan fingerprint density at radius 3 is 2.60 bits per heavy atom. The highest BCUT2D eigenvalue weighted by Crippen LogP contribution is 2.30. The molecule has 1 fully saturated rings. The lowest BCUT2D eigenvalue weighted by Crippen LogP contribution is -2.32. The second kappa shape index (κ2) is 6.57. The summed E-state index contributed by atoms with van der Waals surface area (Å²) in [6, 6.07) is 7.34. The van der Waals surface area contributed by atoms with Crippen molar-refractivity contribution in [2.75, 3.05) is 19.0 Å². The van der Waals surface area contributed by atoms with E-state index in [1.54, 1.807) is 26.2 Å². The standard InChI is InChI=1S/C13H14IN3O2S/c1-15-13(16-2)20-10-7-11(18)17(12(10)19)9-5-3-8(14)4-6-9/h3-6,10H,7H2,1-2H3,(H,15,16)/t10-/m1/s1. The maximum Gasteiger partial charge on any atom is 0.247 e. The lowest BCUT2D eigenvalue weighted by atomic mass is 10.3. The first-order valence-corrected chi connectivity index (χ1v) is 7.96. The zero-order valence-corrected chi connectivity index (χ0v) is 14.1. The van der Waals surface area contributed by atoms with Crippen LogP contribution in [-0.4, -0.2) is 36.3 Å². The molecule has 0 saturated carbocycles. The SMILES string of the molecule is CN=C(NC)S[C@@H]1CC(=O)N(c2ccc(I)cc2)C1=O. The molecule has 20 heavy (non-hydrogen) atoms. The average Bonchev–Trinajstić information content (AvgIpc) is 2.72. The molecule has 0 radical (unpaired) electrons. The van der Waals surface area contributed by atoms with Crippen LogP contribution < -0.4 is 10.2 Å². The third kappa shape index (κ3) is 3.14. The third-order valence-electron chi connectivity index (χ3n) is 2.86. The molecule has 1 aromatic carbocycles. The average molecular weight is 403 g/mol. The van der Waals surface area contributed by atoms with Gasteiger partial charge in [0.15, 0.2) is 5.17 Å². The summed E-state index contributed by atoms with van der Waals surface area (Å²) in [5.41, 5.74) is 0.628. The minimum atomic E-state index is -0.409. The maximum absolute atomic E-state index is 12.4. The van der Waals surface area contributed by atoms with Crippen LogP contribution in [-0.2, 0) is 9.59 Å². The van der Waals surface area contributed by atoms with E-state index < -0.39 is 5.25 Å². The minimum absolute atomic E-state index is 0.166. The molecule has 2 amide bonds. The molecule has 1 heterocycles. The fourth-order valence-electron chi connectivity index (χ4n) is 1.92. The fourth-order valence-corrected chi connectivity index (χ4v) is 3.20. The Morgan fingerprint density at radius 1 is 1.40 bits per heavy atom. The zero-order chi connectivity index (χ0) is 14.7. The number of rotatable bonds is 2. The van der Waals surface area contributed by atoms with Crippen molar-refractivity contribution in [3.63, 3.8) is 0 Å². The van der Waals surface area contributed by atoms with Crippen LogP contribution in [0, 0.1) is 3.57 Å². The van der Waals surface area contributed by atoms with Gasteiger partial charge in [0, 0.05) is 24.1 Å². The van der Waals surface area contributed by atoms with Crippen LogP contribution in [0.5, 0.6) is 0 Å². The lowest BCUT2D eigenvalue weighted by Gasteiger charge is -2.15. The number of imide groups is 1. The number of amides is 2. The Bertz CT molecular complexity index is 559. The van der Waals surface area contributed by atoms with Gasteiger partial charge in [-0.2, -0.15) is 0 Å². The highest BCUT2D eigenvalue weighted by Gasteiger charge is 2.40. The molecule has 5 nitrogen and oxygen atoms in total. The molecule has 1 aliphatic heterocycles. The second-order valence-corrected chi connectivity index (χ2v) is 6.57. The van der Waals surface area contributed by atoms with Crippen molar-refractivity contribution in [1.82, 2.24) is 5.32 Å². The third-order valence-corrected chi connectivity index (χ3v) is 4.84. The number of nitrogens with zero attached hydrogens (tertiary/aromatic N) is 2. The Balaban J connectivity index is 2.19. The molecule has 0 spiro atoms. The zero-order valence-electron chi connectivity index (χ0n) is 11.1. The van der Waals surface area contributed by atoms with Crippen molar-refractivity contribution in [3.8, 4) is 0 Å². The van der Waals surface area contributed by atoms with E-state index in [0.29, 0.717) is 10.9 Å². The summed E-state index contributed by atoms with van der Waals surface area (Å²) in [5.74, 6) is -0.349. The van der Waals surface area contributed by atoms with Crippen LogP contribution in [0.4, 0.5) is 5.69 Å². The van der Waals surface area contributed by atoms with Gasteiger partial charge in [0.05, 0.1) is 5.69 Å². The van der Waals surface area contributed by atoms with Gasteiger partial charge in [0.2, 0.25) is 11.8 Å². The first-order chi connectivity index (χ1) is 9.56. The highest BCUT2D eigenvalue weighted by atomic mass is 127. The predicted molar refractivity (Wildman–Crippen MR) is 90.1 cm³/mol. The molecule has 7 heteroatoms. The number of thioether (sulfide) groups is 1. The molecule has 1 aliphatic rings. The van der Waals surface area contributed by atoms with Crippen LogP contribution in [0.1, 0.15) is 6.42 Å². The van der Waals surface area contributed by atoms with Gasteiger partial charge in [-0.05, 0) is 46.9 Å². The second-order valence-electron chi connectivity index (χ2n) is 4.13. The molecule has 0 aromatic heterocycles. The van der Waals surface area contributed by atoms with Crippen molar-refractivity contribution >= 4 is 57.0 Å². The van der Waals surface area contributed by atoms with E-state index in [1.807, 2.05) is 12.1 Å². The van der Waals surface area contributed by atoms with E-state index >= 15 is 0 Å². The topological polar surface area (TPSA) is 61.8 Å². The van der Waals surface area contributed by atoms with Gasteiger partial charge >= 0.3 is 0 Å². The Kier molecular flexibility index (Phi) is 5.03. The number of benzene rings is 1. The Labute approximate surface area is 135 Å². The van der Waals surface area contributed by atoms with Crippen LogP contribution in [0.15, 0.2) is 29.3 Å². The number of hydrogen-bond acceptors (Lipinski definition) is 4. The number of aliphatic imine (C=N–C) groups is 1. The number of amidine groups is 1. The minimum Gasteiger partial charge on any atom is -0.368 e. The molecule has 0 bridgehead atoms. The monoisotopic (exact) mass is 403 g/mol. The van der Waals surface area contributed by atoms with Gasteiger partial charge in [-0.25, -0.2) is 4.90 Å². The summed E-state index contributed by atoms with van der Waals surface area (Å²) in [4.78, 5) is 29.7. The Hall–Kier alpha value is -1.09. The predicted octanol–water partition coefficient (Wildman–Crippen LogP) is 1.86. The van der Waals surface area contributed by atoms with E-state index in [-0.39, 0.29) is 18.2 Å². The van der Waals surface area contributed by atoms with Crippen LogP contribution >= 0.6 is 34.4 Å². The quantitative estimate of drug-likeness (QED) is 0.355. The molecule has 0 unspecified atom stereocenters. The molecular formula is C13H14IN3O2S. The van der Waals surface area contributed by atoms with Gasteiger partial charge in [-0.1, -0.05) is 11.8 Å². The molecule has 1 atom stereocenters. The fraction of sp³-hybridized carbons (Fsp3) is 0.308. The van der Waals surface area contributed by atoms with Crippen molar-refractivity contribution in [3.05, 3.63) is 27.8 Å². The highest BCUT2D eigenvalue weighted by molar-refractivity contribution is 14.1. The van der Waals surface area contributed by atoms with E-state index in [0.717, 1.165) is 3.57 Å². The number of halogens is 1. The smallest absolute Gasteiger partial charge is 0.247 e. The van der Waals surface area contributed by atoms with E-state index in [2.05, 4.69) is 32.9 Å². The molecule has 0 aliphatic carbocycles. The van der Waals surface area contributed by atoms with Crippen LogP contribution in [0.2, 0.25) is 0 Å². The van der Waals surface area contributed by atoms with E-state index in [4.69, 9.17) is 0 Å². The van der Waals surface area contributed by atoms with Gasteiger partial charge < -0.3 is 5.32 Å². The van der Waals surface area contributed by atoms with Crippen LogP contribution in [0.25, 0.3) is 0 Å². The normalized spacial score (nSPS) is 19.6. The molecule has 2 rings (SSSR count). The molecule has 1 aromatic rings. The summed E-state index contributed by atoms with van der Waals surface area (Å²) >= 11 is 3.47.